The number of benzene rings is 3. The second-order valence-corrected chi connectivity index (χ2v) is 12.7. The second kappa shape index (κ2) is 9.55. The standard InChI is InChI=1S/C34H35N5O2/c40-29-11-7-23(8-12-29)32-34(20-38(32)19-25-3-1-2-4-30(25)31-26-17-27(31)18-26)13-15-37(16-14-34)33(41)24-5-9-28(10-6-24)39-22-35-21-36-39/h1-12,21-22,26-27,31-32,40H,13-20H2. The first-order valence-electron chi connectivity index (χ1n) is 14.9. The monoisotopic (exact) mass is 545 g/mol. The third kappa shape index (κ3) is 4.09. The molecule has 1 atom stereocenters. The highest BCUT2D eigenvalue weighted by Gasteiger charge is 2.56. The summed E-state index contributed by atoms with van der Waals surface area (Å²) in [6.07, 6.45) is 7.96. The van der Waals surface area contributed by atoms with Crippen LogP contribution in [0.5, 0.6) is 5.75 Å². The van der Waals surface area contributed by atoms with Crippen LogP contribution in [0.1, 0.15) is 64.7 Å². The number of amides is 1. The van der Waals surface area contributed by atoms with E-state index in [0.29, 0.717) is 11.3 Å². The Kier molecular flexibility index (Phi) is 5.78. The van der Waals surface area contributed by atoms with E-state index in [4.69, 9.17) is 0 Å². The lowest BCUT2D eigenvalue weighted by Gasteiger charge is -2.61. The fraction of sp³-hybridized carbons (Fsp3) is 0.382. The van der Waals surface area contributed by atoms with Gasteiger partial charge >= 0.3 is 0 Å². The van der Waals surface area contributed by atoms with Crippen molar-refractivity contribution in [2.24, 2.45) is 17.3 Å². The maximum absolute atomic E-state index is 13.4. The highest BCUT2D eigenvalue weighted by molar-refractivity contribution is 5.94. The normalized spacial score (nSPS) is 26.2. The number of hydrogen-bond donors (Lipinski definition) is 1. The van der Waals surface area contributed by atoms with Crippen LogP contribution in [0.2, 0.25) is 0 Å². The van der Waals surface area contributed by atoms with Gasteiger partial charge in [-0.05, 0) is 96.5 Å². The van der Waals surface area contributed by atoms with Gasteiger partial charge in [0.2, 0.25) is 0 Å². The average Bonchev–Trinajstić information content (AvgIpc) is 3.49. The number of aromatic nitrogens is 3. The quantitative estimate of drug-likeness (QED) is 0.343. The summed E-state index contributed by atoms with van der Waals surface area (Å²) in [7, 11) is 0. The van der Waals surface area contributed by atoms with Gasteiger partial charge in [-0.25, -0.2) is 9.67 Å². The molecule has 1 N–H and O–H groups in total. The summed E-state index contributed by atoms with van der Waals surface area (Å²) in [6, 6.07) is 24.8. The van der Waals surface area contributed by atoms with Gasteiger partial charge in [0, 0.05) is 43.2 Å². The molecule has 1 aromatic heterocycles. The Morgan fingerprint density at radius 3 is 2.32 bits per heavy atom. The van der Waals surface area contributed by atoms with Crippen LogP contribution in [0.3, 0.4) is 0 Å². The molecule has 3 saturated carbocycles. The number of aromatic hydroxyl groups is 1. The van der Waals surface area contributed by atoms with Gasteiger partial charge in [-0.1, -0.05) is 36.4 Å². The molecule has 3 aliphatic carbocycles. The zero-order chi connectivity index (χ0) is 27.6. The fourth-order valence-electron chi connectivity index (χ4n) is 8.11. The van der Waals surface area contributed by atoms with Crippen LogP contribution in [0.4, 0.5) is 0 Å². The number of hydrogen-bond acceptors (Lipinski definition) is 5. The van der Waals surface area contributed by atoms with Gasteiger partial charge in [-0.3, -0.25) is 9.69 Å². The van der Waals surface area contributed by atoms with Crippen LogP contribution >= 0.6 is 0 Å². The van der Waals surface area contributed by atoms with Crippen molar-refractivity contribution < 1.29 is 9.90 Å². The Bertz CT molecular complexity index is 1540. The number of phenolic OH excluding ortho intramolecular Hbond substituents is 1. The summed E-state index contributed by atoms with van der Waals surface area (Å²) in [4.78, 5) is 22.1. The van der Waals surface area contributed by atoms with Gasteiger partial charge in [0.15, 0.2) is 0 Å². The minimum Gasteiger partial charge on any atom is -0.508 e. The minimum absolute atomic E-state index is 0.0929. The number of piperidine rings is 1. The molecule has 9 rings (SSSR count). The summed E-state index contributed by atoms with van der Waals surface area (Å²) in [5, 5.41) is 14.2. The molecule has 3 aromatic carbocycles. The number of carbonyl (C=O) groups excluding carboxylic acids is 1. The van der Waals surface area contributed by atoms with Crippen molar-refractivity contribution in [3.63, 3.8) is 0 Å². The smallest absolute Gasteiger partial charge is 0.253 e. The van der Waals surface area contributed by atoms with Gasteiger partial charge in [-0.2, -0.15) is 5.10 Å². The van der Waals surface area contributed by atoms with E-state index in [1.807, 2.05) is 41.3 Å². The van der Waals surface area contributed by atoms with Crippen LogP contribution in [-0.2, 0) is 6.54 Å². The number of nitrogens with zero attached hydrogens (tertiary/aromatic N) is 5. The van der Waals surface area contributed by atoms with Crippen LogP contribution in [0.25, 0.3) is 5.69 Å². The Morgan fingerprint density at radius 1 is 0.927 bits per heavy atom. The molecule has 1 unspecified atom stereocenters. The van der Waals surface area contributed by atoms with Gasteiger partial charge in [0.25, 0.3) is 5.91 Å². The van der Waals surface area contributed by atoms with Crippen molar-refractivity contribution in [1.29, 1.82) is 0 Å². The molecule has 7 heteroatoms. The van der Waals surface area contributed by atoms with Crippen LogP contribution < -0.4 is 0 Å². The highest BCUT2D eigenvalue weighted by atomic mass is 16.3. The largest absolute Gasteiger partial charge is 0.508 e. The molecule has 1 spiro atoms. The molecule has 41 heavy (non-hydrogen) atoms. The van der Waals surface area contributed by atoms with Crippen LogP contribution in [-0.4, -0.2) is 55.2 Å². The zero-order valence-electron chi connectivity index (χ0n) is 23.1. The van der Waals surface area contributed by atoms with E-state index in [1.165, 1.54) is 30.3 Å². The summed E-state index contributed by atoms with van der Waals surface area (Å²) in [5.41, 5.74) is 6.05. The predicted molar refractivity (Wildman–Crippen MR) is 156 cm³/mol. The van der Waals surface area contributed by atoms with E-state index >= 15 is 0 Å². The Labute approximate surface area is 240 Å². The average molecular weight is 546 g/mol. The third-order valence-corrected chi connectivity index (χ3v) is 10.5. The van der Waals surface area contributed by atoms with E-state index in [1.54, 1.807) is 16.6 Å². The molecular weight excluding hydrogens is 510 g/mol. The zero-order valence-corrected chi connectivity index (χ0v) is 23.1. The lowest BCUT2D eigenvalue weighted by atomic mass is 9.46. The highest BCUT2D eigenvalue weighted by Crippen LogP contribution is 2.64. The van der Waals surface area contributed by atoms with Crippen molar-refractivity contribution in [2.75, 3.05) is 19.6 Å². The van der Waals surface area contributed by atoms with Crippen LogP contribution in [0.15, 0.2) is 85.5 Å². The van der Waals surface area contributed by atoms with E-state index in [2.05, 4.69) is 51.4 Å². The Hall–Kier alpha value is -3.97. The van der Waals surface area contributed by atoms with E-state index in [0.717, 1.165) is 62.5 Å². The maximum atomic E-state index is 13.4. The molecule has 2 bridgehead atoms. The van der Waals surface area contributed by atoms with Crippen molar-refractivity contribution >= 4 is 5.91 Å². The molecule has 0 radical (unpaired) electrons. The van der Waals surface area contributed by atoms with Crippen molar-refractivity contribution in [3.8, 4) is 11.4 Å². The summed E-state index contributed by atoms with van der Waals surface area (Å²) in [5.74, 6) is 2.97. The first kappa shape index (κ1) is 24.8. The topological polar surface area (TPSA) is 74.5 Å². The van der Waals surface area contributed by atoms with Crippen LogP contribution in [0, 0.1) is 17.3 Å². The van der Waals surface area contributed by atoms with E-state index in [9.17, 15) is 9.90 Å². The SMILES string of the molecule is O=C(c1ccc(-n2cncn2)cc1)N1CCC2(CC1)CN(Cc1ccccc1C1C3CC1C3)C2c1ccc(O)cc1. The number of carbonyl (C=O) groups is 1. The number of rotatable bonds is 6. The van der Waals surface area contributed by atoms with Gasteiger partial charge < -0.3 is 10.0 Å². The predicted octanol–water partition coefficient (Wildman–Crippen LogP) is 5.58. The summed E-state index contributed by atoms with van der Waals surface area (Å²) < 4.78 is 1.69. The molecule has 1 amide bonds. The molecule has 2 saturated heterocycles. The third-order valence-electron chi connectivity index (χ3n) is 10.5. The number of likely N-dealkylation sites (tertiary alicyclic amines) is 2. The van der Waals surface area contributed by atoms with Crippen molar-refractivity contribution in [1.82, 2.24) is 24.6 Å². The van der Waals surface area contributed by atoms with Gasteiger partial charge in [0.05, 0.1) is 5.69 Å². The van der Waals surface area contributed by atoms with Crippen molar-refractivity contribution in [2.45, 2.75) is 44.2 Å². The Morgan fingerprint density at radius 2 is 1.66 bits per heavy atom. The molecule has 7 nitrogen and oxygen atoms in total. The van der Waals surface area contributed by atoms with E-state index in [-0.39, 0.29) is 17.4 Å². The fourth-order valence-corrected chi connectivity index (χ4v) is 8.11. The lowest BCUT2D eigenvalue weighted by molar-refractivity contribution is -0.114. The molecule has 5 fully saturated rings. The molecule has 3 heterocycles. The summed E-state index contributed by atoms with van der Waals surface area (Å²) >= 11 is 0. The first-order valence-corrected chi connectivity index (χ1v) is 14.9. The maximum Gasteiger partial charge on any atom is 0.253 e. The van der Waals surface area contributed by atoms with Gasteiger partial charge in [0.1, 0.15) is 18.4 Å². The molecule has 5 aliphatic rings. The first-order chi connectivity index (χ1) is 20.1. The Balaban J connectivity index is 0.994. The van der Waals surface area contributed by atoms with Crippen molar-refractivity contribution in [3.05, 3.63) is 108 Å². The van der Waals surface area contributed by atoms with E-state index < -0.39 is 0 Å². The second-order valence-electron chi connectivity index (χ2n) is 12.7. The molecule has 208 valence electrons. The molecule has 2 aliphatic heterocycles. The minimum atomic E-state index is 0.0929. The molecular formula is C34H35N5O2. The molecule has 4 aromatic rings. The summed E-state index contributed by atoms with van der Waals surface area (Å²) in [6.45, 7) is 3.52. The lowest BCUT2D eigenvalue weighted by Crippen LogP contribution is -2.62. The van der Waals surface area contributed by atoms with Gasteiger partial charge in [-0.15, -0.1) is 0 Å². The number of phenols is 1.